The lowest BCUT2D eigenvalue weighted by atomic mass is 10.2. The molecule has 0 aliphatic heterocycles. The Balaban J connectivity index is 2.92. The van der Waals surface area contributed by atoms with Crippen molar-refractivity contribution in [1.82, 2.24) is 0 Å². The highest BCUT2D eigenvalue weighted by Crippen LogP contribution is 2.34. The minimum Gasteiger partial charge on any atom is -0.396 e. The summed E-state index contributed by atoms with van der Waals surface area (Å²) in [5.41, 5.74) is -1.09. The van der Waals surface area contributed by atoms with Crippen LogP contribution in [-0.4, -0.2) is 25.9 Å². The first-order chi connectivity index (χ1) is 8.65. The van der Waals surface area contributed by atoms with Crippen molar-refractivity contribution < 1.29 is 26.7 Å². The number of sulfonamides is 1. The van der Waals surface area contributed by atoms with Gasteiger partial charge < -0.3 is 5.11 Å². The summed E-state index contributed by atoms with van der Waals surface area (Å²) < 4.78 is 62.2. The number of hydrogen-bond donors (Lipinski definition) is 2. The summed E-state index contributed by atoms with van der Waals surface area (Å²) in [4.78, 5) is 0. The Morgan fingerprint density at radius 1 is 1.32 bits per heavy atom. The van der Waals surface area contributed by atoms with Gasteiger partial charge in [0.1, 0.15) is 0 Å². The number of alkyl halides is 3. The molecule has 0 amide bonds. The van der Waals surface area contributed by atoms with Crippen LogP contribution in [0.5, 0.6) is 0 Å². The van der Waals surface area contributed by atoms with E-state index in [-0.39, 0.29) is 29.5 Å². The smallest absolute Gasteiger partial charge is 0.396 e. The molecule has 0 heterocycles. The Labute approximate surface area is 113 Å². The van der Waals surface area contributed by atoms with Crippen LogP contribution >= 0.6 is 11.6 Å². The van der Waals surface area contributed by atoms with Crippen LogP contribution < -0.4 is 4.72 Å². The van der Waals surface area contributed by atoms with E-state index in [0.717, 1.165) is 12.1 Å². The van der Waals surface area contributed by atoms with Crippen LogP contribution in [0.15, 0.2) is 18.2 Å². The topological polar surface area (TPSA) is 66.4 Å². The lowest BCUT2D eigenvalue weighted by Crippen LogP contribution is -2.18. The van der Waals surface area contributed by atoms with E-state index in [2.05, 4.69) is 4.72 Å². The zero-order valence-corrected chi connectivity index (χ0v) is 11.1. The fourth-order valence-electron chi connectivity index (χ4n) is 1.25. The van der Waals surface area contributed by atoms with Gasteiger partial charge in [-0.2, -0.15) is 13.2 Å². The number of aliphatic hydroxyl groups excluding tert-OH is 1. The highest BCUT2D eigenvalue weighted by atomic mass is 35.5. The molecular weight excluding hydrogens is 307 g/mol. The van der Waals surface area contributed by atoms with Gasteiger partial charge in [-0.25, -0.2) is 8.42 Å². The molecule has 19 heavy (non-hydrogen) atoms. The van der Waals surface area contributed by atoms with E-state index < -0.39 is 21.8 Å². The SMILES string of the molecule is O=S(=O)(CCCO)Nc1ccc(C(F)(F)F)cc1Cl. The van der Waals surface area contributed by atoms with E-state index in [0.29, 0.717) is 6.07 Å². The number of hydrogen-bond acceptors (Lipinski definition) is 3. The second kappa shape index (κ2) is 5.98. The van der Waals surface area contributed by atoms with E-state index in [1.807, 2.05) is 0 Å². The van der Waals surface area contributed by atoms with Gasteiger partial charge in [-0.05, 0) is 24.6 Å². The van der Waals surface area contributed by atoms with Crippen molar-refractivity contribution in [3.63, 3.8) is 0 Å². The van der Waals surface area contributed by atoms with Crippen LogP contribution in [0, 0.1) is 0 Å². The maximum absolute atomic E-state index is 12.4. The lowest BCUT2D eigenvalue weighted by Gasteiger charge is -2.12. The van der Waals surface area contributed by atoms with E-state index in [1.165, 1.54) is 0 Å². The van der Waals surface area contributed by atoms with E-state index in [1.54, 1.807) is 0 Å². The highest BCUT2D eigenvalue weighted by Gasteiger charge is 2.31. The van der Waals surface area contributed by atoms with Crippen LogP contribution in [0.4, 0.5) is 18.9 Å². The van der Waals surface area contributed by atoms with E-state index >= 15 is 0 Å². The second-order valence-corrected chi connectivity index (χ2v) is 5.94. The summed E-state index contributed by atoms with van der Waals surface area (Å²) in [6.45, 7) is -0.304. The maximum atomic E-state index is 12.4. The molecule has 0 aliphatic rings. The fourth-order valence-corrected chi connectivity index (χ4v) is 2.66. The van der Waals surface area contributed by atoms with Crippen molar-refractivity contribution in [3.8, 4) is 0 Å². The fraction of sp³-hybridized carbons (Fsp3) is 0.400. The molecule has 0 aromatic heterocycles. The van der Waals surface area contributed by atoms with Crippen molar-refractivity contribution in [2.24, 2.45) is 0 Å². The minimum atomic E-state index is -4.54. The van der Waals surface area contributed by atoms with Crippen LogP contribution in [0.3, 0.4) is 0 Å². The molecule has 1 aromatic rings. The minimum absolute atomic E-state index is 0.0214. The molecule has 2 N–H and O–H groups in total. The van der Waals surface area contributed by atoms with Gasteiger partial charge in [0.15, 0.2) is 0 Å². The molecule has 1 aromatic carbocycles. The summed E-state index contributed by atoms with van der Waals surface area (Å²) in [7, 11) is -3.74. The number of benzene rings is 1. The van der Waals surface area contributed by atoms with Gasteiger partial charge >= 0.3 is 6.18 Å². The Bertz CT molecular complexity index is 545. The molecule has 0 bridgehead atoms. The molecule has 0 saturated carbocycles. The molecule has 9 heteroatoms. The Morgan fingerprint density at radius 3 is 2.42 bits per heavy atom. The molecule has 1 rings (SSSR count). The molecule has 0 spiro atoms. The Kier molecular flexibility index (Phi) is 5.05. The first-order valence-corrected chi connectivity index (χ1v) is 7.17. The molecule has 0 aliphatic carbocycles. The number of nitrogens with one attached hydrogen (secondary N) is 1. The predicted molar refractivity (Wildman–Crippen MR) is 65.6 cm³/mol. The van der Waals surface area contributed by atoms with Crippen molar-refractivity contribution in [2.75, 3.05) is 17.1 Å². The van der Waals surface area contributed by atoms with Crippen LogP contribution in [0.2, 0.25) is 5.02 Å². The van der Waals surface area contributed by atoms with Crippen LogP contribution in [-0.2, 0) is 16.2 Å². The van der Waals surface area contributed by atoms with Gasteiger partial charge in [0.05, 0.1) is 22.0 Å². The zero-order chi connectivity index (χ0) is 14.7. The molecule has 0 saturated heterocycles. The van der Waals surface area contributed by atoms with Crippen LogP contribution in [0.25, 0.3) is 0 Å². The Hall–Kier alpha value is -0.990. The number of halogens is 4. The lowest BCUT2D eigenvalue weighted by molar-refractivity contribution is -0.137. The third-order valence-corrected chi connectivity index (χ3v) is 3.80. The Morgan fingerprint density at radius 2 is 1.95 bits per heavy atom. The average Bonchev–Trinajstić information content (AvgIpc) is 2.27. The molecule has 0 atom stereocenters. The average molecular weight is 318 g/mol. The first-order valence-electron chi connectivity index (χ1n) is 5.14. The molecule has 108 valence electrons. The van der Waals surface area contributed by atoms with Crippen molar-refractivity contribution in [3.05, 3.63) is 28.8 Å². The largest absolute Gasteiger partial charge is 0.416 e. The van der Waals surface area contributed by atoms with Crippen molar-refractivity contribution >= 4 is 27.3 Å². The number of anilines is 1. The van der Waals surface area contributed by atoms with E-state index in [9.17, 15) is 21.6 Å². The van der Waals surface area contributed by atoms with Gasteiger partial charge in [0.2, 0.25) is 10.0 Å². The van der Waals surface area contributed by atoms with Gasteiger partial charge in [-0.1, -0.05) is 11.6 Å². The third kappa shape index (κ3) is 4.88. The van der Waals surface area contributed by atoms with Gasteiger partial charge in [0, 0.05) is 6.61 Å². The van der Waals surface area contributed by atoms with Crippen LogP contribution in [0.1, 0.15) is 12.0 Å². The standard InChI is InChI=1S/C10H11ClF3NO3S/c11-8-6-7(10(12,13)14)2-3-9(8)15-19(17,18)5-1-4-16/h2-3,6,15-16H,1,4-5H2. The normalized spacial score (nSPS) is 12.5. The van der Waals surface area contributed by atoms with Crippen molar-refractivity contribution in [1.29, 1.82) is 0 Å². The molecule has 4 nitrogen and oxygen atoms in total. The summed E-state index contributed by atoms with van der Waals surface area (Å²) >= 11 is 5.60. The second-order valence-electron chi connectivity index (χ2n) is 3.69. The summed E-state index contributed by atoms with van der Waals surface area (Å²) in [5, 5.41) is 8.19. The quantitative estimate of drug-likeness (QED) is 0.877. The van der Waals surface area contributed by atoms with Gasteiger partial charge in [-0.3, -0.25) is 4.72 Å². The molecule has 0 fully saturated rings. The number of rotatable bonds is 5. The monoisotopic (exact) mass is 317 g/mol. The zero-order valence-electron chi connectivity index (χ0n) is 9.54. The van der Waals surface area contributed by atoms with Gasteiger partial charge in [-0.15, -0.1) is 0 Å². The van der Waals surface area contributed by atoms with Crippen molar-refractivity contribution in [2.45, 2.75) is 12.6 Å². The highest BCUT2D eigenvalue weighted by molar-refractivity contribution is 7.92. The molecule has 0 radical (unpaired) electrons. The summed E-state index contributed by atoms with van der Waals surface area (Å²) in [6.07, 6.45) is -4.52. The maximum Gasteiger partial charge on any atom is 0.416 e. The molecule has 0 unspecified atom stereocenters. The van der Waals surface area contributed by atoms with E-state index in [4.69, 9.17) is 16.7 Å². The summed E-state index contributed by atoms with van der Waals surface area (Å²) in [6, 6.07) is 2.32. The van der Waals surface area contributed by atoms with Gasteiger partial charge in [0.25, 0.3) is 0 Å². The molecular formula is C10H11ClF3NO3S. The third-order valence-electron chi connectivity index (χ3n) is 2.13. The number of aliphatic hydroxyl groups is 1. The predicted octanol–water partition coefficient (Wildman–Crippen LogP) is 2.48. The first kappa shape index (κ1) is 16.1. The summed E-state index contributed by atoms with van der Waals surface area (Å²) in [5.74, 6) is -0.346.